The Bertz CT molecular complexity index is 525. The van der Waals surface area contributed by atoms with Crippen molar-refractivity contribution in [3.05, 3.63) is 34.9 Å². The van der Waals surface area contributed by atoms with Crippen molar-refractivity contribution in [3.8, 4) is 0 Å². The first-order valence-electron chi connectivity index (χ1n) is 6.20. The summed E-state index contributed by atoms with van der Waals surface area (Å²) in [6.45, 7) is 0.0254. The van der Waals surface area contributed by atoms with E-state index in [9.17, 15) is 13.5 Å². The van der Waals surface area contributed by atoms with E-state index in [0.717, 1.165) is 24.7 Å². The third-order valence-corrected chi connectivity index (χ3v) is 3.99. The smallest absolute Gasteiger partial charge is 0.208 e. The molecule has 1 aromatic carbocycles. The normalized spacial score (nSPS) is 17.2. The average Bonchev–Trinajstić information content (AvgIpc) is 2.34. The van der Waals surface area contributed by atoms with E-state index < -0.39 is 16.1 Å². The fraction of sp³-hybridized carbons (Fsp3) is 0.538. The van der Waals surface area contributed by atoms with Gasteiger partial charge in [0.15, 0.2) is 0 Å². The number of hydrogen-bond acceptors (Lipinski definition) is 3. The highest BCUT2D eigenvalue weighted by molar-refractivity contribution is 7.88. The molecule has 4 nitrogen and oxygen atoms in total. The summed E-state index contributed by atoms with van der Waals surface area (Å²) in [5, 5.41) is 9.96. The molecule has 2 rings (SSSR count). The molecule has 1 aliphatic rings. The molecule has 2 N–H and O–H groups in total. The van der Waals surface area contributed by atoms with Gasteiger partial charge >= 0.3 is 0 Å². The molecule has 0 bridgehead atoms. The lowest BCUT2D eigenvalue weighted by Gasteiger charge is -2.18. The standard InChI is InChI=1S/C13H19NO3S/c1-18(16,17)14-9-13(15)12-7-6-10-4-2-3-5-11(10)8-12/h6-8,13-15H,2-5,9H2,1H3. The van der Waals surface area contributed by atoms with Crippen molar-refractivity contribution >= 4 is 10.0 Å². The van der Waals surface area contributed by atoms with Gasteiger partial charge < -0.3 is 5.11 Å². The largest absolute Gasteiger partial charge is 0.387 e. The highest BCUT2D eigenvalue weighted by atomic mass is 32.2. The van der Waals surface area contributed by atoms with E-state index in [0.29, 0.717) is 0 Å². The Labute approximate surface area is 108 Å². The molecule has 100 valence electrons. The topological polar surface area (TPSA) is 66.4 Å². The van der Waals surface area contributed by atoms with Crippen LogP contribution in [0.1, 0.15) is 35.6 Å². The molecule has 1 unspecified atom stereocenters. The second kappa shape index (κ2) is 5.38. The molecule has 0 heterocycles. The van der Waals surface area contributed by atoms with Crippen molar-refractivity contribution < 1.29 is 13.5 Å². The summed E-state index contributed by atoms with van der Waals surface area (Å²) < 4.78 is 24.3. The Kier molecular flexibility index (Phi) is 4.04. The van der Waals surface area contributed by atoms with Crippen molar-refractivity contribution in [2.24, 2.45) is 0 Å². The van der Waals surface area contributed by atoms with Gasteiger partial charge in [0.05, 0.1) is 12.4 Å². The molecule has 0 fully saturated rings. The maximum Gasteiger partial charge on any atom is 0.208 e. The minimum atomic E-state index is -3.25. The summed E-state index contributed by atoms with van der Waals surface area (Å²) in [6.07, 6.45) is 4.88. The van der Waals surface area contributed by atoms with Crippen LogP contribution in [0, 0.1) is 0 Å². The highest BCUT2D eigenvalue weighted by Crippen LogP contribution is 2.24. The summed E-state index contributed by atoms with van der Waals surface area (Å²) in [5.74, 6) is 0. The van der Waals surface area contributed by atoms with Crippen LogP contribution in [-0.2, 0) is 22.9 Å². The first-order chi connectivity index (χ1) is 8.46. The summed E-state index contributed by atoms with van der Waals surface area (Å²) in [6, 6.07) is 5.94. The van der Waals surface area contributed by atoms with Gasteiger partial charge in [-0.25, -0.2) is 13.1 Å². The van der Waals surface area contributed by atoms with Crippen LogP contribution in [0.4, 0.5) is 0 Å². The lowest BCUT2D eigenvalue weighted by atomic mass is 9.89. The number of sulfonamides is 1. The van der Waals surface area contributed by atoms with Crippen molar-refractivity contribution in [2.45, 2.75) is 31.8 Å². The number of aliphatic hydroxyl groups excluding tert-OH is 1. The minimum absolute atomic E-state index is 0.0254. The Balaban J connectivity index is 2.08. The number of rotatable bonds is 4. The molecule has 0 spiro atoms. The predicted molar refractivity (Wildman–Crippen MR) is 70.9 cm³/mol. The monoisotopic (exact) mass is 269 g/mol. The van der Waals surface area contributed by atoms with Crippen LogP contribution in [0.5, 0.6) is 0 Å². The van der Waals surface area contributed by atoms with Crippen LogP contribution in [0.15, 0.2) is 18.2 Å². The minimum Gasteiger partial charge on any atom is -0.387 e. The molecule has 0 radical (unpaired) electrons. The summed E-state index contributed by atoms with van der Waals surface area (Å²) in [4.78, 5) is 0. The highest BCUT2D eigenvalue weighted by Gasteiger charge is 2.14. The maximum atomic E-state index is 11.0. The zero-order valence-electron chi connectivity index (χ0n) is 10.5. The van der Waals surface area contributed by atoms with Gasteiger partial charge in [0.25, 0.3) is 0 Å². The van der Waals surface area contributed by atoms with E-state index >= 15 is 0 Å². The van der Waals surface area contributed by atoms with Gasteiger partial charge in [-0.3, -0.25) is 0 Å². The maximum absolute atomic E-state index is 11.0. The molecular weight excluding hydrogens is 250 g/mol. The number of aryl methyl sites for hydroxylation is 2. The fourth-order valence-electron chi connectivity index (χ4n) is 2.31. The molecule has 0 amide bonds. The van der Waals surface area contributed by atoms with E-state index in [-0.39, 0.29) is 6.54 Å². The Morgan fingerprint density at radius 1 is 1.28 bits per heavy atom. The van der Waals surface area contributed by atoms with Gasteiger partial charge in [-0.2, -0.15) is 0 Å². The first kappa shape index (κ1) is 13.5. The van der Waals surface area contributed by atoms with Crippen LogP contribution < -0.4 is 4.72 Å². The lowest BCUT2D eigenvalue weighted by Crippen LogP contribution is -2.27. The van der Waals surface area contributed by atoms with Crippen molar-refractivity contribution in [3.63, 3.8) is 0 Å². The SMILES string of the molecule is CS(=O)(=O)NCC(O)c1ccc2c(c1)CCCC2. The third kappa shape index (κ3) is 3.54. The van der Waals surface area contributed by atoms with Crippen LogP contribution in [0.25, 0.3) is 0 Å². The van der Waals surface area contributed by atoms with Gasteiger partial charge in [0, 0.05) is 6.54 Å². The zero-order chi connectivity index (χ0) is 13.2. The van der Waals surface area contributed by atoms with E-state index in [1.807, 2.05) is 18.2 Å². The Hall–Kier alpha value is -0.910. The molecule has 1 aliphatic carbocycles. The molecule has 0 aromatic heterocycles. The van der Waals surface area contributed by atoms with Crippen LogP contribution in [0.2, 0.25) is 0 Å². The fourth-order valence-corrected chi connectivity index (χ4v) is 2.77. The molecule has 1 aromatic rings. The van der Waals surface area contributed by atoms with Gasteiger partial charge in [-0.1, -0.05) is 18.2 Å². The van der Waals surface area contributed by atoms with E-state index in [1.54, 1.807) is 0 Å². The van der Waals surface area contributed by atoms with Crippen molar-refractivity contribution in [2.75, 3.05) is 12.8 Å². The van der Waals surface area contributed by atoms with E-state index in [1.165, 1.54) is 24.0 Å². The average molecular weight is 269 g/mol. The zero-order valence-corrected chi connectivity index (χ0v) is 11.3. The lowest BCUT2D eigenvalue weighted by molar-refractivity contribution is 0.182. The number of fused-ring (bicyclic) bond motifs is 1. The quantitative estimate of drug-likeness (QED) is 0.861. The van der Waals surface area contributed by atoms with Crippen LogP contribution in [0.3, 0.4) is 0 Å². The van der Waals surface area contributed by atoms with Gasteiger partial charge in [0.2, 0.25) is 10.0 Å². The molecule has 0 saturated heterocycles. The number of nitrogens with one attached hydrogen (secondary N) is 1. The molecule has 18 heavy (non-hydrogen) atoms. The van der Waals surface area contributed by atoms with Gasteiger partial charge in [-0.05, 0) is 42.4 Å². The molecule has 1 atom stereocenters. The van der Waals surface area contributed by atoms with Crippen LogP contribution in [-0.4, -0.2) is 26.3 Å². The molecule has 0 saturated carbocycles. The first-order valence-corrected chi connectivity index (χ1v) is 8.09. The van der Waals surface area contributed by atoms with E-state index in [4.69, 9.17) is 0 Å². The molecule has 5 heteroatoms. The number of hydrogen-bond donors (Lipinski definition) is 2. The third-order valence-electron chi connectivity index (χ3n) is 3.30. The summed E-state index contributed by atoms with van der Waals surface area (Å²) in [5.41, 5.74) is 3.43. The number of aliphatic hydroxyl groups is 1. The van der Waals surface area contributed by atoms with Gasteiger partial charge in [-0.15, -0.1) is 0 Å². The summed E-state index contributed by atoms with van der Waals surface area (Å²) >= 11 is 0. The second-order valence-electron chi connectivity index (χ2n) is 4.87. The van der Waals surface area contributed by atoms with Gasteiger partial charge in [0.1, 0.15) is 0 Å². The Morgan fingerprint density at radius 2 is 1.94 bits per heavy atom. The summed E-state index contributed by atoms with van der Waals surface area (Å²) in [7, 11) is -3.25. The predicted octanol–water partition coefficient (Wildman–Crippen LogP) is 1.15. The second-order valence-corrected chi connectivity index (χ2v) is 6.70. The Morgan fingerprint density at radius 3 is 2.61 bits per heavy atom. The van der Waals surface area contributed by atoms with Crippen molar-refractivity contribution in [1.29, 1.82) is 0 Å². The molecular formula is C13H19NO3S. The van der Waals surface area contributed by atoms with E-state index in [2.05, 4.69) is 4.72 Å². The number of benzene rings is 1. The molecule has 0 aliphatic heterocycles. The van der Waals surface area contributed by atoms with Crippen molar-refractivity contribution in [1.82, 2.24) is 4.72 Å². The van der Waals surface area contributed by atoms with Crippen LogP contribution >= 0.6 is 0 Å².